The van der Waals surface area contributed by atoms with Crippen LogP contribution < -0.4 is 0 Å². The molecule has 4 heavy (non-hydrogen) atoms. The van der Waals surface area contributed by atoms with Gasteiger partial charge in [-0.2, -0.15) is 0 Å². The van der Waals surface area contributed by atoms with Crippen molar-refractivity contribution in [3.63, 3.8) is 0 Å². The van der Waals surface area contributed by atoms with Crippen LogP contribution in [-0.2, 0) is 0 Å². The van der Waals surface area contributed by atoms with Crippen molar-refractivity contribution in [2.45, 2.75) is 0 Å². The normalized spacial score (nSPS) is 9.00. The van der Waals surface area contributed by atoms with Gasteiger partial charge in [0, 0.05) is 0 Å². The molecule has 0 amide bonds. The van der Waals surface area contributed by atoms with Crippen molar-refractivity contribution in [1.29, 1.82) is 0 Å². The summed E-state index contributed by atoms with van der Waals surface area (Å²) in [6.45, 7) is 0. The fourth-order valence-corrected chi connectivity index (χ4v) is 0. The predicted octanol–water partition coefficient (Wildman–Crippen LogP) is -2.05. The van der Waals surface area contributed by atoms with Gasteiger partial charge in [-0.25, -0.2) is 0 Å². The standard InChI is InChI=1S/BH3O3/c2-1(3)4/h2-4H/q-1. The van der Waals surface area contributed by atoms with E-state index in [1.807, 2.05) is 0 Å². The minimum Gasteiger partial charge on any atom is -0.582 e. The molecule has 0 aliphatic rings. The summed E-state index contributed by atoms with van der Waals surface area (Å²) in [6.07, 6.45) is 0. The van der Waals surface area contributed by atoms with Gasteiger partial charge in [-0.05, 0) is 0 Å². The van der Waals surface area contributed by atoms with Crippen molar-refractivity contribution in [2.75, 3.05) is 0 Å². The summed E-state index contributed by atoms with van der Waals surface area (Å²) in [5, 5.41) is 21.5. The molecule has 25 valence electrons. The Kier molecular flexibility index (Phi) is 1.27. The molecule has 3 N–H and O–H groups in total. The van der Waals surface area contributed by atoms with E-state index < -0.39 is 7.32 Å². The first kappa shape index (κ1) is 3.94. The van der Waals surface area contributed by atoms with E-state index in [4.69, 9.17) is 15.1 Å². The number of hydrogen-bond donors (Lipinski definition) is 3. The highest BCUT2D eigenvalue weighted by molar-refractivity contribution is 6.30. The summed E-state index contributed by atoms with van der Waals surface area (Å²) in [6, 6.07) is 0. The smallest absolute Gasteiger partial charge is 0.297 e. The summed E-state index contributed by atoms with van der Waals surface area (Å²) >= 11 is 0. The van der Waals surface area contributed by atoms with Gasteiger partial charge in [-0.15, -0.1) is 0 Å². The van der Waals surface area contributed by atoms with E-state index in [2.05, 4.69) is 0 Å². The van der Waals surface area contributed by atoms with Gasteiger partial charge in [-0.3, -0.25) is 0 Å². The molecule has 0 unspecified atom stereocenters. The van der Waals surface area contributed by atoms with Crippen molar-refractivity contribution < 1.29 is 15.1 Å². The first-order valence-corrected chi connectivity index (χ1v) is 0.775. The first-order valence-electron chi connectivity index (χ1n) is 0.775. The van der Waals surface area contributed by atoms with Crippen LogP contribution in [0.25, 0.3) is 0 Å². The van der Waals surface area contributed by atoms with E-state index >= 15 is 0 Å². The SMILES string of the molecule is O[B-](O)O. The van der Waals surface area contributed by atoms with Gasteiger partial charge in [0.05, 0.1) is 0 Å². The second kappa shape index (κ2) is 1.28. The van der Waals surface area contributed by atoms with Gasteiger partial charge in [0.2, 0.25) is 0 Å². The van der Waals surface area contributed by atoms with Crippen molar-refractivity contribution in [3.8, 4) is 0 Å². The van der Waals surface area contributed by atoms with Crippen molar-refractivity contribution in [1.82, 2.24) is 0 Å². The monoisotopic (exact) mass is 62.0 g/mol. The zero-order valence-electron chi connectivity index (χ0n) is 1.92. The number of rotatable bonds is 0. The van der Waals surface area contributed by atoms with E-state index in [-0.39, 0.29) is 0 Å². The molecule has 0 aliphatic heterocycles. The molecule has 0 aromatic carbocycles. The van der Waals surface area contributed by atoms with Crippen LogP contribution >= 0.6 is 0 Å². The Hall–Kier alpha value is -0.0551. The molecule has 0 fully saturated rings. The van der Waals surface area contributed by atoms with Crippen LogP contribution in [0.15, 0.2) is 0 Å². The summed E-state index contributed by atoms with van der Waals surface area (Å²) in [5.74, 6) is 0. The molecule has 0 aliphatic carbocycles. The quantitative estimate of drug-likeness (QED) is 0.283. The molecular weight excluding hydrogens is 58.8 g/mol. The van der Waals surface area contributed by atoms with Crippen LogP contribution in [0.1, 0.15) is 0 Å². The highest BCUT2D eigenvalue weighted by Gasteiger charge is 1.65. The van der Waals surface area contributed by atoms with Crippen molar-refractivity contribution in [2.24, 2.45) is 0 Å². The van der Waals surface area contributed by atoms with Crippen molar-refractivity contribution >= 4 is 7.32 Å². The van der Waals surface area contributed by atoms with E-state index in [0.29, 0.717) is 0 Å². The predicted molar refractivity (Wildman–Crippen MR) is 12.4 cm³/mol. The molecule has 0 rings (SSSR count). The minimum atomic E-state index is -2.17. The summed E-state index contributed by atoms with van der Waals surface area (Å²) in [4.78, 5) is 0. The van der Waals surface area contributed by atoms with Gasteiger partial charge in [-0.1, -0.05) is 0 Å². The van der Waals surface area contributed by atoms with Gasteiger partial charge < -0.3 is 15.1 Å². The van der Waals surface area contributed by atoms with Gasteiger partial charge >= 0.3 is 0 Å². The fourth-order valence-electron chi connectivity index (χ4n) is 0. The van der Waals surface area contributed by atoms with Crippen LogP contribution in [0.4, 0.5) is 0 Å². The average molecular weight is 61.8 g/mol. The molecule has 0 saturated carbocycles. The third kappa shape index (κ3) is 573. The maximum Gasteiger partial charge on any atom is 0.297 e. The molecule has 1 radical (unpaired) electrons. The largest absolute Gasteiger partial charge is 0.582 e. The van der Waals surface area contributed by atoms with Crippen LogP contribution in [-0.4, -0.2) is 22.4 Å². The zero-order chi connectivity index (χ0) is 3.58. The first-order chi connectivity index (χ1) is 1.73. The third-order valence-electron chi connectivity index (χ3n) is 0. The molecule has 0 saturated heterocycles. The Labute approximate surface area is 23.7 Å². The van der Waals surface area contributed by atoms with Crippen LogP contribution in [0.2, 0.25) is 0 Å². The van der Waals surface area contributed by atoms with E-state index in [1.54, 1.807) is 0 Å². The van der Waals surface area contributed by atoms with Gasteiger partial charge in [0.15, 0.2) is 0 Å². The van der Waals surface area contributed by atoms with E-state index in [0.717, 1.165) is 0 Å². The van der Waals surface area contributed by atoms with Crippen molar-refractivity contribution in [3.05, 3.63) is 0 Å². The summed E-state index contributed by atoms with van der Waals surface area (Å²) in [7, 11) is -2.17. The van der Waals surface area contributed by atoms with E-state index in [1.165, 1.54) is 0 Å². The van der Waals surface area contributed by atoms with Crippen LogP contribution in [0, 0.1) is 0 Å². The fraction of sp³-hybridized carbons (Fsp3) is 0. The Morgan fingerprint density at radius 1 is 1.00 bits per heavy atom. The topological polar surface area (TPSA) is 60.7 Å². The third-order valence-corrected chi connectivity index (χ3v) is 0. The lowest BCUT2D eigenvalue weighted by molar-refractivity contribution is 0.278. The highest BCUT2D eigenvalue weighted by Crippen LogP contribution is 1.40. The Balaban J connectivity index is 2.32. The Morgan fingerprint density at radius 2 is 1.00 bits per heavy atom. The molecule has 0 bridgehead atoms. The van der Waals surface area contributed by atoms with Gasteiger partial charge in [0.25, 0.3) is 7.32 Å². The molecule has 0 atom stereocenters. The minimum absolute atomic E-state index is 2.17. The molecule has 0 aromatic heterocycles. The van der Waals surface area contributed by atoms with Gasteiger partial charge in [0.1, 0.15) is 0 Å². The Bertz CT molecular complexity index is 8.00. The maximum atomic E-state index is 7.17. The lowest BCUT2D eigenvalue weighted by Gasteiger charge is -1.93. The molecule has 3 nitrogen and oxygen atoms in total. The molecule has 4 heteroatoms. The highest BCUT2D eigenvalue weighted by atomic mass is 16.5. The molecule has 0 aromatic rings. The summed E-state index contributed by atoms with van der Waals surface area (Å²) < 4.78 is 0. The molecule has 0 heterocycles. The number of hydrogen-bond acceptors (Lipinski definition) is 3. The van der Waals surface area contributed by atoms with Crippen LogP contribution in [0.3, 0.4) is 0 Å². The Morgan fingerprint density at radius 3 is 1.00 bits per heavy atom. The second-order valence-corrected chi connectivity index (χ2v) is 0.346. The van der Waals surface area contributed by atoms with Crippen LogP contribution in [0.5, 0.6) is 0 Å². The average Bonchev–Trinajstić information content (AvgIpc) is 0.811. The lowest BCUT2D eigenvalue weighted by Crippen LogP contribution is -2.07. The second-order valence-electron chi connectivity index (χ2n) is 0.346. The summed E-state index contributed by atoms with van der Waals surface area (Å²) in [5.41, 5.74) is 0. The van der Waals surface area contributed by atoms with E-state index in [9.17, 15) is 0 Å². The molecule has 0 spiro atoms. The zero-order valence-corrected chi connectivity index (χ0v) is 1.92. The molecular formula is H3BO3-. The maximum absolute atomic E-state index is 7.17. The lowest BCUT2D eigenvalue weighted by atomic mass is 10.3.